The van der Waals surface area contributed by atoms with Gasteiger partial charge in [-0.2, -0.15) is 5.26 Å². The first kappa shape index (κ1) is 18.3. The van der Waals surface area contributed by atoms with Crippen molar-refractivity contribution in [1.29, 1.82) is 5.26 Å². The molecule has 1 aliphatic rings. The normalized spacial score (nSPS) is 14.1. The molecule has 3 amide bonds. The molecule has 0 aliphatic carbocycles. The third-order valence-corrected chi connectivity index (χ3v) is 4.39. The summed E-state index contributed by atoms with van der Waals surface area (Å²) in [4.78, 5) is 39.5. The molecule has 6 nitrogen and oxygen atoms in total. The van der Waals surface area contributed by atoms with Crippen molar-refractivity contribution in [3.63, 3.8) is 0 Å². The molecule has 6 heteroatoms. The predicted molar refractivity (Wildman–Crippen MR) is 100.0 cm³/mol. The van der Waals surface area contributed by atoms with E-state index in [1.54, 1.807) is 48.5 Å². The Morgan fingerprint density at radius 3 is 2.26 bits per heavy atom. The first-order valence-corrected chi connectivity index (χ1v) is 8.70. The molecule has 1 N–H and O–H groups in total. The number of fused-ring (bicyclic) bond motifs is 1. The molecule has 2 aromatic rings. The van der Waals surface area contributed by atoms with Gasteiger partial charge in [0.15, 0.2) is 0 Å². The number of carbonyl (C=O) groups is 3. The molecule has 0 fully saturated rings. The van der Waals surface area contributed by atoms with E-state index < -0.39 is 23.8 Å². The number of amides is 3. The van der Waals surface area contributed by atoms with Crippen molar-refractivity contribution in [2.45, 2.75) is 26.3 Å². The zero-order chi connectivity index (χ0) is 19.6. The maximum absolute atomic E-state index is 12.9. The van der Waals surface area contributed by atoms with E-state index in [2.05, 4.69) is 5.32 Å². The lowest BCUT2D eigenvalue weighted by Gasteiger charge is -2.26. The van der Waals surface area contributed by atoms with Gasteiger partial charge in [0, 0.05) is 5.69 Å². The van der Waals surface area contributed by atoms with Crippen molar-refractivity contribution in [3.05, 3.63) is 65.2 Å². The summed E-state index contributed by atoms with van der Waals surface area (Å²) in [6, 6.07) is 14.2. The number of anilines is 1. The Kier molecular flexibility index (Phi) is 5.04. The maximum atomic E-state index is 12.9. The average Bonchev–Trinajstić information content (AvgIpc) is 2.91. The number of hydrogen-bond acceptors (Lipinski definition) is 4. The van der Waals surface area contributed by atoms with Gasteiger partial charge >= 0.3 is 0 Å². The molecule has 136 valence electrons. The summed E-state index contributed by atoms with van der Waals surface area (Å²) >= 11 is 0. The van der Waals surface area contributed by atoms with E-state index >= 15 is 0 Å². The van der Waals surface area contributed by atoms with Gasteiger partial charge in [0.25, 0.3) is 11.8 Å². The lowest BCUT2D eigenvalue weighted by atomic mass is 10.0. The van der Waals surface area contributed by atoms with E-state index in [1.165, 1.54) is 0 Å². The zero-order valence-corrected chi connectivity index (χ0v) is 15.1. The van der Waals surface area contributed by atoms with Gasteiger partial charge in [-0.05, 0) is 42.7 Å². The summed E-state index contributed by atoms with van der Waals surface area (Å²) in [5.41, 5.74) is 1.49. The number of imide groups is 1. The fourth-order valence-electron chi connectivity index (χ4n) is 3.16. The van der Waals surface area contributed by atoms with E-state index in [9.17, 15) is 14.4 Å². The van der Waals surface area contributed by atoms with Gasteiger partial charge in [0.1, 0.15) is 6.04 Å². The summed E-state index contributed by atoms with van der Waals surface area (Å²) in [5, 5.41) is 11.7. The van der Waals surface area contributed by atoms with Crippen LogP contribution in [-0.2, 0) is 4.79 Å². The van der Waals surface area contributed by atoms with Crippen LogP contribution in [0.4, 0.5) is 5.69 Å². The molecule has 0 saturated heterocycles. The van der Waals surface area contributed by atoms with Crippen LogP contribution in [0.1, 0.15) is 46.5 Å². The van der Waals surface area contributed by atoms with Gasteiger partial charge in [-0.15, -0.1) is 0 Å². The fraction of sp³-hybridized carbons (Fsp3) is 0.238. The highest BCUT2D eigenvalue weighted by Crippen LogP contribution is 2.27. The van der Waals surface area contributed by atoms with E-state index in [0.717, 1.165) is 4.90 Å². The van der Waals surface area contributed by atoms with Crippen LogP contribution in [0.2, 0.25) is 0 Å². The maximum Gasteiger partial charge on any atom is 0.262 e. The second-order valence-electron chi connectivity index (χ2n) is 6.85. The molecule has 1 heterocycles. The number of rotatable bonds is 5. The molecular formula is C21H19N3O3. The summed E-state index contributed by atoms with van der Waals surface area (Å²) in [7, 11) is 0. The number of benzene rings is 2. The van der Waals surface area contributed by atoms with E-state index in [4.69, 9.17) is 5.26 Å². The topological polar surface area (TPSA) is 90.3 Å². The molecule has 1 aliphatic heterocycles. The zero-order valence-electron chi connectivity index (χ0n) is 15.1. The monoisotopic (exact) mass is 361 g/mol. The van der Waals surface area contributed by atoms with Crippen molar-refractivity contribution >= 4 is 23.4 Å². The Bertz CT molecular complexity index is 924. The molecule has 1 unspecified atom stereocenters. The van der Waals surface area contributed by atoms with Gasteiger partial charge in [-0.3, -0.25) is 19.3 Å². The highest BCUT2D eigenvalue weighted by Gasteiger charge is 2.42. The van der Waals surface area contributed by atoms with Gasteiger partial charge in [0.2, 0.25) is 5.91 Å². The van der Waals surface area contributed by atoms with Crippen molar-refractivity contribution < 1.29 is 14.4 Å². The highest BCUT2D eigenvalue weighted by atomic mass is 16.2. The summed E-state index contributed by atoms with van der Waals surface area (Å²) in [5.74, 6) is -1.27. The predicted octanol–water partition coefficient (Wildman–Crippen LogP) is 3.21. The van der Waals surface area contributed by atoms with E-state index in [0.29, 0.717) is 28.8 Å². The van der Waals surface area contributed by atoms with Crippen LogP contribution in [0, 0.1) is 17.2 Å². The minimum Gasteiger partial charge on any atom is -0.324 e. The molecule has 2 aromatic carbocycles. The Labute approximate surface area is 157 Å². The Morgan fingerprint density at radius 2 is 1.70 bits per heavy atom. The lowest BCUT2D eigenvalue weighted by Crippen LogP contribution is -2.47. The van der Waals surface area contributed by atoms with Crippen LogP contribution in [0.25, 0.3) is 0 Å². The van der Waals surface area contributed by atoms with Gasteiger partial charge in [-0.1, -0.05) is 32.0 Å². The van der Waals surface area contributed by atoms with Crippen LogP contribution < -0.4 is 5.32 Å². The number of nitriles is 1. The van der Waals surface area contributed by atoms with Crippen LogP contribution in [0.5, 0.6) is 0 Å². The van der Waals surface area contributed by atoms with Crippen molar-refractivity contribution in [2.75, 3.05) is 5.32 Å². The van der Waals surface area contributed by atoms with Crippen LogP contribution in [0.3, 0.4) is 0 Å². The second-order valence-corrected chi connectivity index (χ2v) is 6.85. The SMILES string of the molecule is CC(C)CC(C(=O)Nc1cccc(C#N)c1)N1C(=O)c2ccccc2C1=O. The van der Waals surface area contributed by atoms with Gasteiger partial charge in [-0.25, -0.2) is 0 Å². The first-order chi connectivity index (χ1) is 12.9. The fourth-order valence-corrected chi connectivity index (χ4v) is 3.16. The molecule has 0 aromatic heterocycles. The lowest BCUT2D eigenvalue weighted by molar-refractivity contribution is -0.120. The molecule has 0 radical (unpaired) electrons. The number of nitrogens with one attached hydrogen (secondary N) is 1. The third kappa shape index (κ3) is 3.58. The third-order valence-electron chi connectivity index (χ3n) is 4.39. The molecule has 0 saturated carbocycles. The highest BCUT2D eigenvalue weighted by molar-refractivity contribution is 6.23. The van der Waals surface area contributed by atoms with Gasteiger partial charge in [0.05, 0.1) is 22.8 Å². The van der Waals surface area contributed by atoms with E-state index in [1.807, 2.05) is 19.9 Å². The summed E-state index contributed by atoms with van der Waals surface area (Å²) < 4.78 is 0. The molecule has 0 bridgehead atoms. The minimum absolute atomic E-state index is 0.0931. The average molecular weight is 361 g/mol. The Balaban J connectivity index is 1.90. The molecule has 27 heavy (non-hydrogen) atoms. The summed E-state index contributed by atoms with van der Waals surface area (Å²) in [6.07, 6.45) is 0.343. The van der Waals surface area contributed by atoms with E-state index in [-0.39, 0.29) is 5.92 Å². The first-order valence-electron chi connectivity index (χ1n) is 8.70. The summed E-state index contributed by atoms with van der Waals surface area (Å²) in [6.45, 7) is 3.85. The van der Waals surface area contributed by atoms with Crippen LogP contribution in [0.15, 0.2) is 48.5 Å². The molecular weight excluding hydrogens is 342 g/mol. The quantitative estimate of drug-likeness (QED) is 0.828. The van der Waals surface area contributed by atoms with Crippen molar-refractivity contribution in [2.24, 2.45) is 5.92 Å². The van der Waals surface area contributed by atoms with Crippen LogP contribution >= 0.6 is 0 Å². The Morgan fingerprint density at radius 1 is 1.07 bits per heavy atom. The number of nitrogens with zero attached hydrogens (tertiary/aromatic N) is 2. The minimum atomic E-state index is -0.928. The second kappa shape index (κ2) is 7.42. The van der Waals surface area contributed by atoms with Crippen LogP contribution in [-0.4, -0.2) is 28.7 Å². The number of hydrogen-bond donors (Lipinski definition) is 1. The number of carbonyl (C=O) groups excluding carboxylic acids is 3. The standard InChI is InChI=1S/C21H19N3O3/c1-13(2)10-18(19(25)23-15-7-5-6-14(11-15)12-22)24-20(26)16-8-3-4-9-17(16)21(24)27/h3-9,11,13,18H,10H2,1-2H3,(H,23,25). The largest absolute Gasteiger partial charge is 0.324 e. The molecule has 3 rings (SSSR count). The molecule has 0 spiro atoms. The molecule has 1 atom stereocenters. The van der Waals surface area contributed by atoms with Crippen molar-refractivity contribution in [1.82, 2.24) is 4.90 Å². The van der Waals surface area contributed by atoms with Gasteiger partial charge < -0.3 is 5.32 Å². The van der Waals surface area contributed by atoms with Crippen molar-refractivity contribution in [3.8, 4) is 6.07 Å². The smallest absolute Gasteiger partial charge is 0.262 e. The Hall–Kier alpha value is -3.46.